The molecule has 34 heavy (non-hydrogen) atoms. The Morgan fingerprint density at radius 3 is 2.00 bits per heavy atom. The third-order valence-electron chi connectivity index (χ3n) is 5.50. The normalized spacial score (nSPS) is 10.6. The van der Waals surface area contributed by atoms with Crippen molar-refractivity contribution in [1.29, 1.82) is 0 Å². The van der Waals surface area contributed by atoms with Gasteiger partial charge in [0.15, 0.2) is 0 Å². The van der Waals surface area contributed by atoms with E-state index in [4.69, 9.17) is 4.74 Å². The number of hydrogen-bond acceptors (Lipinski definition) is 2. The second kappa shape index (κ2) is 11.5. The molecule has 0 aliphatic heterocycles. The maximum atomic E-state index is 12.8. The van der Waals surface area contributed by atoms with Gasteiger partial charge in [-0.05, 0) is 42.3 Å². The van der Waals surface area contributed by atoms with E-state index < -0.39 is 0 Å². The lowest BCUT2D eigenvalue weighted by Gasteiger charge is -2.14. The van der Waals surface area contributed by atoms with Gasteiger partial charge in [-0.3, -0.25) is 0 Å². The Morgan fingerprint density at radius 2 is 1.35 bits per heavy atom. The van der Waals surface area contributed by atoms with Crippen LogP contribution in [-0.4, -0.2) is 12.6 Å². The van der Waals surface area contributed by atoms with Gasteiger partial charge in [-0.25, -0.2) is 4.79 Å². The van der Waals surface area contributed by atoms with Crippen molar-refractivity contribution in [3.05, 3.63) is 155 Å². The Balaban J connectivity index is 1.45. The highest BCUT2D eigenvalue weighted by Crippen LogP contribution is 2.25. The van der Waals surface area contributed by atoms with Crippen LogP contribution in [0.1, 0.15) is 44.1 Å². The van der Waals surface area contributed by atoms with Gasteiger partial charge in [0.25, 0.3) is 0 Å². The number of carbonyl (C=O) groups is 1. The molecule has 0 atom stereocenters. The average Bonchev–Trinajstić information content (AvgIpc) is 2.89. The second-order valence-corrected chi connectivity index (χ2v) is 7.99. The molecular formula is C32H26O2. The summed E-state index contributed by atoms with van der Waals surface area (Å²) < 4.78 is 5.57. The minimum atomic E-state index is -0.380. The first-order valence-corrected chi connectivity index (χ1v) is 11.3. The van der Waals surface area contributed by atoms with Crippen LogP contribution < -0.4 is 0 Å². The lowest BCUT2D eigenvalue weighted by molar-refractivity contribution is 0.0549. The molecule has 4 aromatic rings. The molecule has 2 nitrogen and oxygen atoms in total. The summed E-state index contributed by atoms with van der Waals surface area (Å²) in [6.07, 6.45) is 3.99. The van der Waals surface area contributed by atoms with Crippen molar-refractivity contribution >= 4 is 5.97 Å². The van der Waals surface area contributed by atoms with Crippen LogP contribution in [-0.2, 0) is 4.74 Å². The zero-order valence-corrected chi connectivity index (χ0v) is 19.1. The molecule has 0 unspecified atom stereocenters. The van der Waals surface area contributed by atoms with Crippen molar-refractivity contribution in [2.45, 2.75) is 12.8 Å². The SMILES string of the molecule is Cc1ccc(C#Cc2ccccc2C(=O)OC/C=C/C(c2ccccc2)c2ccccc2)cc1. The third kappa shape index (κ3) is 6.12. The minimum absolute atomic E-state index is 0.0914. The van der Waals surface area contributed by atoms with Crippen LogP contribution in [0.4, 0.5) is 0 Å². The topological polar surface area (TPSA) is 26.3 Å². The number of esters is 1. The highest BCUT2D eigenvalue weighted by atomic mass is 16.5. The standard InChI is InChI=1S/C32H26O2/c1-25-18-20-26(21-19-25)22-23-29-15-8-9-16-31(29)32(33)34-24-10-17-30(27-11-4-2-5-12-27)28-13-6-3-7-14-28/h2-21,30H,24H2,1H3/b17-10+. The first kappa shape index (κ1) is 22.8. The van der Waals surface area contributed by atoms with Crippen molar-refractivity contribution in [2.75, 3.05) is 6.61 Å². The molecule has 0 aromatic heterocycles. The van der Waals surface area contributed by atoms with E-state index in [2.05, 4.69) is 42.2 Å². The summed E-state index contributed by atoms with van der Waals surface area (Å²) >= 11 is 0. The highest BCUT2D eigenvalue weighted by molar-refractivity contribution is 5.92. The fourth-order valence-electron chi connectivity index (χ4n) is 3.68. The molecular weight excluding hydrogens is 416 g/mol. The molecule has 0 aliphatic rings. The number of ether oxygens (including phenoxy) is 1. The number of benzene rings is 4. The quantitative estimate of drug-likeness (QED) is 0.184. The average molecular weight is 443 g/mol. The Hall–Kier alpha value is -4.35. The third-order valence-corrected chi connectivity index (χ3v) is 5.50. The monoisotopic (exact) mass is 442 g/mol. The number of hydrogen-bond donors (Lipinski definition) is 0. The van der Waals surface area contributed by atoms with Crippen molar-refractivity contribution in [3.8, 4) is 11.8 Å². The van der Waals surface area contributed by atoms with E-state index in [1.165, 1.54) is 16.7 Å². The molecule has 0 aliphatic carbocycles. The Morgan fingerprint density at radius 1 is 0.765 bits per heavy atom. The molecule has 4 aromatic carbocycles. The Kier molecular flexibility index (Phi) is 7.72. The molecule has 0 N–H and O–H groups in total. The number of carbonyl (C=O) groups excluding carboxylic acids is 1. The van der Waals surface area contributed by atoms with Crippen LogP contribution in [0, 0.1) is 18.8 Å². The largest absolute Gasteiger partial charge is 0.458 e. The van der Waals surface area contributed by atoms with E-state index in [-0.39, 0.29) is 18.5 Å². The zero-order valence-electron chi connectivity index (χ0n) is 19.1. The van der Waals surface area contributed by atoms with Gasteiger partial charge in [0.2, 0.25) is 0 Å². The van der Waals surface area contributed by atoms with Crippen molar-refractivity contribution in [2.24, 2.45) is 0 Å². The molecule has 0 fully saturated rings. The predicted octanol–water partition coefficient (Wildman–Crippen LogP) is 6.94. The lowest BCUT2D eigenvalue weighted by atomic mass is 9.91. The second-order valence-electron chi connectivity index (χ2n) is 7.99. The summed E-state index contributed by atoms with van der Waals surface area (Å²) in [4.78, 5) is 12.8. The summed E-state index contributed by atoms with van der Waals surface area (Å²) in [5.41, 5.74) is 5.59. The molecule has 0 radical (unpaired) electrons. The summed E-state index contributed by atoms with van der Waals surface area (Å²) in [5.74, 6) is 5.95. The van der Waals surface area contributed by atoms with E-state index in [0.29, 0.717) is 11.1 Å². The van der Waals surface area contributed by atoms with Crippen molar-refractivity contribution < 1.29 is 9.53 Å². The van der Waals surface area contributed by atoms with Crippen LogP contribution in [0.15, 0.2) is 121 Å². The molecule has 166 valence electrons. The summed E-state index contributed by atoms with van der Waals surface area (Å²) in [6.45, 7) is 2.23. The van der Waals surface area contributed by atoms with E-state index in [1.54, 1.807) is 6.07 Å². The fourth-order valence-corrected chi connectivity index (χ4v) is 3.68. The summed E-state index contributed by atoms with van der Waals surface area (Å²) in [6, 6.07) is 35.9. The fraction of sp³-hybridized carbons (Fsp3) is 0.0938. The maximum absolute atomic E-state index is 12.8. The van der Waals surface area contributed by atoms with Gasteiger partial charge < -0.3 is 4.74 Å². The van der Waals surface area contributed by atoms with Gasteiger partial charge in [0.1, 0.15) is 6.61 Å². The predicted molar refractivity (Wildman–Crippen MR) is 138 cm³/mol. The smallest absolute Gasteiger partial charge is 0.339 e. The molecule has 4 rings (SSSR count). The molecule has 0 spiro atoms. The van der Waals surface area contributed by atoms with Crippen LogP contribution in [0.2, 0.25) is 0 Å². The van der Waals surface area contributed by atoms with E-state index >= 15 is 0 Å². The minimum Gasteiger partial charge on any atom is -0.458 e. The van der Waals surface area contributed by atoms with Gasteiger partial charge in [0, 0.05) is 17.0 Å². The number of allylic oxidation sites excluding steroid dienone is 1. The summed E-state index contributed by atoms with van der Waals surface area (Å²) in [7, 11) is 0. The van der Waals surface area contributed by atoms with E-state index in [0.717, 1.165) is 5.56 Å². The Bertz CT molecular complexity index is 1270. The number of aryl methyl sites for hydroxylation is 1. The molecule has 0 saturated heterocycles. The number of rotatable bonds is 6. The van der Waals surface area contributed by atoms with Gasteiger partial charge in [-0.15, -0.1) is 0 Å². The zero-order chi connectivity index (χ0) is 23.6. The maximum Gasteiger partial charge on any atom is 0.339 e. The molecule has 0 amide bonds. The first-order chi connectivity index (χ1) is 16.7. The van der Waals surface area contributed by atoms with Crippen LogP contribution in [0.5, 0.6) is 0 Å². The van der Waals surface area contributed by atoms with Crippen molar-refractivity contribution in [3.63, 3.8) is 0 Å². The van der Waals surface area contributed by atoms with Gasteiger partial charge in [-0.1, -0.05) is 114 Å². The molecule has 0 heterocycles. The highest BCUT2D eigenvalue weighted by Gasteiger charge is 2.12. The van der Waals surface area contributed by atoms with Gasteiger partial charge in [0.05, 0.1) is 5.56 Å². The van der Waals surface area contributed by atoms with E-state index in [9.17, 15) is 4.79 Å². The molecule has 0 saturated carbocycles. The van der Waals surface area contributed by atoms with Crippen LogP contribution >= 0.6 is 0 Å². The molecule has 0 bridgehead atoms. The van der Waals surface area contributed by atoms with Gasteiger partial charge in [-0.2, -0.15) is 0 Å². The molecule has 2 heteroatoms. The van der Waals surface area contributed by atoms with E-state index in [1.807, 2.05) is 91.9 Å². The Labute approximate surface area is 201 Å². The summed E-state index contributed by atoms with van der Waals surface area (Å²) in [5, 5.41) is 0. The lowest BCUT2D eigenvalue weighted by Crippen LogP contribution is -2.07. The van der Waals surface area contributed by atoms with Crippen molar-refractivity contribution in [1.82, 2.24) is 0 Å². The van der Waals surface area contributed by atoms with Crippen LogP contribution in [0.3, 0.4) is 0 Å². The van der Waals surface area contributed by atoms with Crippen LogP contribution in [0.25, 0.3) is 0 Å². The van der Waals surface area contributed by atoms with Gasteiger partial charge >= 0.3 is 5.97 Å². The first-order valence-electron chi connectivity index (χ1n) is 11.3.